The molecule has 23 heavy (non-hydrogen) atoms. The molecular weight excluding hydrogens is 318 g/mol. The van der Waals surface area contributed by atoms with Gasteiger partial charge in [-0.15, -0.1) is 0 Å². The van der Waals surface area contributed by atoms with Crippen LogP contribution in [0.15, 0.2) is 23.1 Å². The Morgan fingerprint density at radius 1 is 1.35 bits per heavy atom. The summed E-state index contributed by atoms with van der Waals surface area (Å²) < 4.78 is 27.0. The predicted molar refractivity (Wildman–Crippen MR) is 87.8 cm³/mol. The van der Waals surface area contributed by atoms with Crippen molar-refractivity contribution in [2.24, 2.45) is 13.0 Å². The summed E-state index contributed by atoms with van der Waals surface area (Å²) in [7, 11) is -1.72. The van der Waals surface area contributed by atoms with Gasteiger partial charge in [0.05, 0.1) is 11.8 Å². The molecule has 1 aromatic rings. The lowest BCUT2D eigenvalue weighted by atomic mass is 9.99. The molecule has 1 fully saturated rings. The number of carbonyl (C=O) groups excluding carboxylic acids is 1. The van der Waals surface area contributed by atoms with Crippen molar-refractivity contribution < 1.29 is 13.2 Å². The summed E-state index contributed by atoms with van der Waals surface area (Å²) in [6, 6.07) is 2.61. The van der Waals surface area contributed by atoms with Gasteiger partial charge in [0.15, 0.2) is 0 Å². The largest absolute Gasteiger partial charge is 0.337 e. The molecule has 8 heteroatoms. The first kappa shape index (κ1) is 17.7. The molecule has 1 N–H and O–H groups in total. The van der Waals surface area contributed by atoms with Gasteiger partial charge in [0.25, 0.3) is 5.91 Å². The Kier molecular flexibility index (Phi) is 5.26. The molecule has 0 aliphatic carbocycles. The quantitative estimate of drug-likeness (QED) is 0.827. The summed E-state index contributed by atoms with van der Waals surface area (Å²) in [4.78, 5) is 25.7. The maximum Gasteiger partial charge on any atom is 0.255 e. The van der Waals surface area contributed by atoms with Crippen molar-refractivity contribution in [1.29, 1.82) is 0 Å². The number of nitrogens with one attached hydrogen (secondary N) is 1. The number of likely N-dealkylation sites (tertiary alicyclic amines) is 1. The van der Waals surface area contributed by atoms with Crippen LogP contribution in [0.4, 0.5) is 0 Å². The van der Waals surface area contributed by atoms with Crippen molar-refractivity contribution in [3.8, 4) is 0 Å². The zero-order chi connectivity index (χ0) is 17.2. The van der Waals surface area contributed by atoms with E-state index in [2.05, 4.69) is 4.72 Å². The lowest BCUT2D eigenvalue weighted by Crippen LogP contribution is -2.40. The second kappa shape index (κ2) is 6.84. The van der Waals surface area contributed by atoms with Crippen molar-refractivity contribution in [3.05, 3.63) is 34.2 Å². The third-order valence-corrected chi connectivity index (χ3v) is 4.82. The van der Waals surface area contributed by atoms with Gasteiger partial charge in [-0.2, -0.15) is 0 Å². The number of aryl methyl sites for hydroxylation is 1. The molecule has 7 nitrogen and oxygen atoms in total. The van der Waals surface area contributed by atoms with Gasteiger partial charge >= 0.3 is 0 Å². The highest BCUT2D eigenvalue weighted by Crippen LogP contribution is 2.23. The van der Waals surface area contributed by atoms with Crippen LogP contribution >= 0.6 is 0 Å². The topological polar surface area (TPSA) is 88.5 Å². The molecule has 0 bridgehead atoms. The van der Waals surface area contributed by atoms with Crippen molar-refractivity contribution in [2.45, 2.75) is 25.8 Å². The Bertz CT molecular complexity index is 741. The minimum Gasteiger partial charge on any atom is -0.337 e. The first-order valence-electron chi connectivity index (χ1n) is 7.64. The number of rotatable bonds is 5. The highest BCUT2D eigenvalue weighted by Gasteiger charge is 2.36. The van der Waals surface area contributed by atoms with Crippen LogP contribution in [0, 0.1) is 5.92 Å². The van der Waals surface area contributed by atoms with Crippen LogP contribution in [0.1, 0.15) is 30.1 Å². The Morgan fingerprint density at radius 3 is 2.61 bits per heavy atom. The molecule has 0 radical (unpaired) electrons. The Hall–Kier alpha value is -1.67. The number of hydrogen-bond acceptors (Lipinski definition) is 4. The summed E-state index contributed by atoms with van der Waals surface area (Å²) in [6.07, 6.45) is 4.42. The van der Waals surface area contributed by atoms with E-state index in [0.29, 0.717) is 18.7 Å². The number of nitrogens with zero attached hydrogens (tertiary/aromatic N) is 2. The lowest BCUT2D eigenvalue weighted by Gasteiger charge is -2.17. The molecule has 1 amide bonds. The van der Waals surface area contributed by atoms with E-state index >= 15 is 0 Å². The number of amides is 1. The molecule has 1 aliphatic heterocycles. The summed E-state index contributed by atoms with van der Waals surface area (Å²) >= 11 is 0. The van der Waals surface area contributed by atoms with E-state index in [0.717, 1.165) is 19.1 Å². The summed E-state index contributed by atoms with van der Waals surface area (Å²) in [5.74, 6) is -0.0780. The van der Waals surface area contributed by atoms with Crippen molar-refractivity contribution in [2.75, 3.05) is 19.3 Å². The molecule has 2 rings (SSSR count). The second-order valence-electron chi connectivity index (χ2n) is 6.12. The molecule has 0 unspecified atom stereocenters. The number of aromatic nitrogens is 1. The number of pyridine rings is 1. The van der Waals surface area contributed by atoms with E-state index < -0.39 is 10.0 Å². The van der Waals surface area contributed by atoms with E-state index in [1.54, 1.807) is 11.9 Å². The Morgan fingerprint density at radius 2 is 2.04 bits per heavy atom. The van der Waals surface area contributed by atoms with Crippen molar-refractivity contribution in [1.82, 2.24) is 14.2 Å². The van der Waals surface area contributed by atoms with E-state index in [9.17, 15) is 18.0 Å². The maximum absolute atomic E-state index is 12.6. The highest BCUT2D eigenvalue weighted by molar-refractivity contribution is 7.88. The molecule has 1 aliphatic rings. The van der Waals surface area contributed by atoms with E-state index in [-0.39, 0.29) is 23.4 Å². The van der Waals surface area contributed by atoms with E-state index in [1.165, 1.54) is 22.9 Å². The Balaban J connectivity index is 2.18. The maximum atomic E-state index is 12.6. The summed E-state index contributed by atoms with van der Waals surface area (Å²) in [5, 5.41) is 0. The smallest absolute Gasteiger partial charge is 0.255 e. The van der Waals surface area contributed by atoms with Crippen LogP contribution in [0.2, 0.25) is 0 Å². The third kappa shape index (κ3) is 4.42. The van der Waals surface area contributed by atoms with Crippen molar-refractivity contribution >= 4 is 15.9 Å². The minimum absolute atomic E-state index is 0.103. The van der Waals surface area contributed by atoms with Gasteiger partial charge in [-0.1, -0.05) is 13.3 Å². The number of carbonyl (C=O) groups is 1. The molecule has 2 atom stereocenters. The molecule has 2 heterocycles. The van der Waals surface area contributed by atoms with Gasteiger partial charge in [-0.05, 0) is 18.4 Å². The zero-order valence-corrected chi connectivity index (χ0v) is 14.5. The average Bonchev–Trinajstić information content (AvgIpc) is 2.82. The fraction of sp³-hybridized carbons (Fsp3) is 0.600. The number of sulfonamides is 1. The average molecular weight is 341 g/mol. The summed E-state index contributed by atoms with van der Waals surface area (Å²) in [5.41, 5.74) is 0.255. The van der Waals surface area contributed by atoms with Crippen LogP contribution in [-0.4, -0.2) is 49.2 Å². The standard InChI is InChI=1S/C15H23N3O4S/c1-4-5-11-9-18(10-13(11)16-23(3,21)22)15(20)12-6-7-14(19)17(2)8-12/h6-8,11,13,16H,4-5,9-10H2,1-3H3/t11-,13-/m1/s1. The molecule has 0 aromatic carbocycles. The lowest BCUT2D eigenvalue weighted by molar-refractivity contribution is 0.0784. The third-order valence-electron chi connectivity index (χ3n) is 4.09. The molecule has 1 aromatic heterocycles. The molecule has 128 valence electrons. The summed E-state index contributed by atoms with van der Waals surface area (Å²) in [6.45, 7) is 2.90. The first-order chi connectivity index (χ1) is 10.7. The van der Waals surface area contributed by atoms with Crippen LogP contribution in [-0.2, 0) is 17.1 Å². The molecule has 1 saturated heterocycles. The van der Waals surface area contributed by atoms with Gasteiger partial charge in [0.2, 0.25) is 15.6 Å². The molecule has 0 saturated carbocycles. The number of hydrogen-bond donors (Lipinski definition) is 1. The Labute approximate surface area is 136 Å². The van der Waals surface area contributed by atoms with E-state index in [4.69, 9.17) is 0 Å². The monoisotopic (exact) mass is 341 g/mol. The van der Waals surface area contributed by atoms with Gasteiger partial charge in [-0.25, -0.2) is 13.1 Å². The van der Waals surface area contributed by atoms with Crippen LogP contribution < -0.4 is 10.3 Å². The SMILES string of the molecule is CCC[C@@H]1CN(C(=O)c2ccc(=O)n(C)c2)C[C@H]1NS(C)(=O)=O. The first-order valence-corrected chi connectivity index (χ1v) is 9.53. The van der Waals surface area contributed by atoms with Crippen molar-refractivity contribution in [3.63, 3.8) is 0 Å². The van der Waals surface area contributed by atoms with Gasteiger partial charge in [0.1, 0.15) is 0 Å². The van der Waals surface area contributed by atoms with E-state index in [1.807, 2.05) is 6.92 Å². The minimum atomic E-state index is -3.32. The second-order valence-corrected chi connectivity index (χ2v) is 7.90. The molecular formula is C15H23N3O4S. The predicted octanol–water partition coefficient (Wildman–Crippen LogP) is 0.175. The van der Waals surface area contributed by atoms with Gasteiger partial charge in [0, 0.05) is 38.4 Å². The van der Waals surface area contributed by atoms with Crippen LogP contribution in [0.5, 0.6) is 0 Å². The van der Waals surface area contributed by atoms with Gasteiger partial charge < -0.3 is 9.47 Å². The highest BCUT2D eigenvalue weighted by atomic mass is 32.2. The fourth-order valence-corrected chi connectivity index (χ4v) is 3.83. The normalized spacial score (nSPS) is 21.6. The van der Waals surface area contributed by atoms with Gasteiger partial charge in [-0.3, -0.25) is 9.59 Å². The van der Waals surface area contributed by atoms with Crippen LogP contribution in [0.3, 0.4) is 0 Å². The van der Waals surface area contributed by atoms with Crippen LogP contribution in [0.25, 0.3) is 0 Å². The molecule has 0 spiro atoms. The fourth-order valence-electron chi connectivity index (χ4n) is 3.01. The zero-order valence-electron chi connectivity index (χ0n) is 13.7.